The van der Waals surface area contributed by atoms with Gasteiger partial charge in [0, 0.05) is 23.4 Å². The lowest BCUT2D eigenvalue weighted by Gasteiger charge is -2.11. The smallest absolute Gasteiger partial charge is 0.270 e. The molecular weight excluding hydrogens is 364 g/mol. The number of carbonyl (C=O) groups is 1. The van der Waals surface area contributed by atoms with Crippen LogP contribution in [0, 0.1) is 6.92 Å². The van der Waals surface area contributed by atoms with Gasteiger partial charge in [-0.1, -0.05) is 0 Å². The molecule has 1 unspecified atom stereocenters. The SMILES string of the molecule is COc1ccc(-c2ccc3c(c2)CC(CNC(=O)c2csc(C)n2)O3)nn1. The minimum atomic E-state index is -0.173. The Balaban J connectivity index is 1.40. The number of hydrogen-bond donors (Lipinski definition) is 1. The summed E-state index contributed by atoms with van der Waals surface area (Å²) in [6.07, 6.45) is 0.629. The molecule has 1 aliphatic heterocycles. The summed E-state index contributed by atoms with van der Waals surface area (Å²) in [7, 11) is 1.56. The molecule has 27 heavy (non-hydrogen) atoms. The van der Waals surface area contributed by atoms with E-state index in [0.29, 0.717) is 18.1 Å². The Hall–Kier alpha value is -3.00. The Bertz CT molecular complexity index is 971. The molecule has 1 amide bonds. The minimum Gasteiger partial charge on any atom is -0.488 e. The Morgan fingerprint density at radius 2 is 2.22 bits per heavy atom. The fourth-order valence-corrected chi connectivity index (χ4v) is 3.53. The van der Waals surface area contributed by atoms with Gasteiger partial charge >= 0.3 is 0 Å². The second kappa shape index (κ2) is 7.32. The van der Waals surface area contributed by atoms with E-state index < -0.39 is 0 Å². The monoisotopic (exact) mass is 382 g/mol. The molecule has 0 saturated carbocycles. The van der Waals surface area contributed by atoms with Gasteiger partial charge in [0.15, 0.2) is 0 Å². The van der Waals surface area contributed by atoms with Crippen LogP contribution in [-0.4, -0.2) is 40.8 Å². The molecule has 2 aromatic heterocycles. The average molecular weight is 382 g/mol. The highest BCUT2D eigenvalue weighted by Crippen LogP contribution is 2.32. The van der Waals surface area contributed by atoms with Gasteiger partial charge in [-0.3, -0.25) is 4.79 Å². The fourth-order valence-electron chi connectivity index (χ4n) is 2.94. The first-order valence-corrected chi connectivity index (χ1v) is 9.38. The summed E-state index contributed by atoms with van der Waals surface area (Å²) >= 11 is 1.46. The summed E-state index contributed by atoms with van der Waals surface area (Å²) in [6.45, 7) is 2.31. The van der Waals surface area contributed by atoms with Crippen LogP contribution >= 0.6 is 11.3 Å². The molecule has 138 valence electrons. The number of methoxy groups -OCH3 is 1. The van der Waals surface area contributed by atoms with Crippen molar-refractivity contribution in [3.05, 3.63) is 52.0 Å². The number of thiazole rings is 1. The number of aromatic nitrogens is 3. The highest BCUT2D eigenvalue weighted by Gasteiger charge is 2.24. The number of rotatable bonds is 5. The Morgan fingerprint density at radius 1 is 1.33 bits per heavy atom. The van der Waals surface area contributed by atoms with Crippen molar-refractivity contribution in [1.29, 1.82) is 0 Å². The molecule has 3 heterocycles. The number of aryl methyl sites for hydroxylation is 1. The van der Waals surface area contributed by atoms with Gasteiger partial charge < -0.3 is 14.8 Å². The normalized spacial score (nSPS) is 15.1. The van der Waals surface area contributed by atoms with Gasteiger partial charge in [0.2, 0.25) is 5.88 Å². The molecule has 1 aromatic carbocycles. The topological polar surface area (TPSA) is 86.2 Å². The standard InChI is InChI=1S/C19H18N4O3S/c1-11-21-16(10-27-11)19(24)20-9-14-8-13-7-12(3-5-17(13)26-14)15-4-6-18(25-2)23-22-15/h3-7,10,14H,8-9H2,1-2H3,(H,20,24). The quantitative estimate of drug-likeness (QED) is 0.730. The number of ether oxygens (including phenoxy) is 2. The first-order valence-electron chi connectivity index (χ1n) is 8.50. The van der Waals surface area contributed by atoms with Crippen LogP contribution in [0.1, 0.15) is 21.1 Å². The maximum atomic E-state index is 12.1. The van der Waals surface area contributed by atoms with Crippen LogP contribution in [0.25, 0.3) is 11.3 Å². The van der Waals surface area contributed by atoms with Crippen LogP contribution < -0.4 is 14.8 Å². The number of nitrogens with one attached hydrogen (secondary N) is 1. The fraction of sp³-hybridized carbons (Fsp3) is 0.263. The predicted octanol–water partition coefficient (Wildman–Crippen LogP) is 2.65. The maximum absolute atomic E-state index is 12.1. The van der Waals surface area contributed by atoms with Crippen LogP contribution in [0.4, 0.5) is 0 Å². The molecule has 0 aliphatic carbocycles. The zero-order valence-corrected chi connectivity index (χ0v) is 15.7. The number of hydrogen-bond acceptors (Lipinski definition) is 7. The van der Waals surface area contributed by atoms with E-state index in [1.165, 1.54) is 11.3 Å². The molecule has 0 bridgehead atoms. The number of carbonyl (C=O) groups excluding carboxylic acids is 1. The molecule has 0 spiro atoms. The molecule has 0 saturated heterocycles. The molecule has 0 fully saturated rings. The van der Waals surface area contributed by atoms with Crippen LogP contribution in [0.15, 0.2) is 35.7 Å². The molecule has 7 nitrogen and oxygen atoms in total. The highest BCUT2D eigenvalue weighted by molar-refractivity contribution is 7.09. The second-order valence-electron chi connectivity index (χ2n) is 6.19. The van der Waals surface area contributed by atoms with Crippen LogP contribution in [0.3, 0.4) is 0 Å². The third-order valence-corrected chi connectivity index (χ3v) is 5.06. The van der Waals surface area contributed by atoms with E-state index in [2.05, 4.69) is 26.6 Å². The molecule has 3 aromatic rings. The van der Waals surface area contributed by atoms with E-state index in [4.69, 9.17) is 9.47 Å². The van der Waals surface area contributed by atoms with E-state index in [0.717, 1.165) is 34.0 Å². The second-order valence-corrected chi connectivity index (χ2v) is 7.25. The average Bonchev–Trinajstić information content (AvgIpc) is 3.31. The zero-order valence-electron chi connectivity index (χ0n) is 14.9. The maximum Gasteiger partial charge on any atom is 0.270 e. The Morgan fingerprint density at radius 3 is 2.93 bits per heavy atom. The third-order valence-electron chi connectivity index (χ3n) is 4.29. The molecule has 0 radical (unpaired) electrons. The highest BCUT2D eigenvalue weighted by atomic mass is 32.1. The van der Waals surface area contributed by atoms with Gasteiger partial charge in [-0.15, -0.1) is 21.5 Å². The molecular formula is C19H18N4O3S. The first-order chi connectivity index (χ1) is 13.1. The van der Waals surface area contributed by atoms with Crippen molar-refractivity contribution >= 4 is 17.2 Å². The summed E-state index contributed by atoms with van der Waals surface area (Å²) in [5, 5.41) is 13.7. The number of benzene rings is 1. The summed E-state index contributed by atoms with van der Waals surface area (Å²) in [5.74, 6) is 1.14. The van der Waals surface area contributed by atoms with E-state index in [1.807, 2.05) is 25.1 Å². The van der Waals surface area contributed by atoms with Crippen LogP contribution in [-0.2, 0) is 6.42 Å². The summed E-state index contributed by atoms with van der Waals surface area (Å²) in [4.78, 5) is 16.3. The largest absolute Gasteiger partial charge is 0.488 e. The number of nitrogens with zero attached hydrogens (tertiary/aromatic N) is 3. The Kier molecular flexibility index (Phi) is 4.72. The molecule has 1 atom stereocenters. The summed E-state index contributed by atoms with van der Waals surface area (Å²) in [5.41, 5.74) is 3.28. The molecule has 8 heteroatoms. The molecule has 1 N–H and O–H groups in total. The van der Waals surface area contributed by atoms with Gasteiger partial charge in [-0.2, -0.15) is 0 Å². The van der Waals surface area contributed by atoms with Crippen molar-refractivity contribution in [2.75, 3.05) is 13.7 Å². The van der Waals surface area contributed by atoms with Crippen molar-refractivity contribution in [1.82, 2.24) is 20.5 Å². The van der Waals surface area contributed by atoms with Crippen molar-refractivity contribution in [3.63, 3.8) is 0 Å². The number of amides is 1. The van der Waals surface area contributed by atoms with Gasteiger partial charge in [0.1, 0.15) is 17.5 Å². The van der Waals surface area contributed by atoms with Crippen molar-refractivity contribution in [3.8, 4) is 22.9 Å². The van der Waals surface area contributed by atoms with E-state index in [9.17, 15) is 4.79 Å². The minimum absolute atomic E-state index is 0.0964. The van der Waals surface area contributed by atoms with Gasteiger partial charge in [0.25, 0.3) is 5.91 Å². The van der Waals surface area contributed by atoms with E-state index in [1.54, 1.807) is 18.6 Å². The summed E-state index contributed by atoms with van der Waals surface area (Å²) in [6, 6.07) is 9.59. The van der Waals surface area contributed by atoms with Crippen LogP contribution in [0.2, 0.25) is 0 Å². The number of fused-ring (bicyclic) bond motifs is 1. The van der Waals surface area contributed by atoms with Crippen LogP contribution in [0.5, 0.6) is 11.6 Å². The van der Waals surface area contributed by atoms with E-state index in [-0.39, 0.29) is 12.0 Å². The Labute approximate surface area is 160 Å². The first kappa shape index (κ1) is 17.4. The lowest BCUT2D eigenvalue weighted by molar-refractivity contribution is 0.0929. The lowest BCUT2D eigenvalue weighted by atomic mass is 10.0. The third kappa shape index (κ3) is 3.75. The molecule has 4 rings (SSSR count). The van der Waals surface area contributed by atoms with Gasteiger partial charge in [-0.05, 0) is 36.8 Å². The predicted molar refractivity (Wildman–Crippen MR) is 101 cm³/mol. The van der Waals surface area contributed by atoms with Crippen molar-refractivity contribution in [2.24, 2.45) is 0 Å². The molecule has 1 aliphatic rings. The summed E-state index contributed by atoms with van der Waals surface area (Å²) < 4.78 is 11.0. The van der Waals surface area contributed by atoms with Gasteiger partial charge in [0.05, 0.1) is 24.4 Å². The van der Waals surface area contributed by atoms with Crippen molar-refractivity contribution in [2.45, 2.75) is 19.4 Å². The van der Waals surface area contributed by atoms with Gasteiger partial charge in [-0.25, -0.2) is 4.98 Å². The lowest BCUT2D eigenvalue weighted by Crippen LogP contribution is -2.34. The zero-order chi connectivity index (χ0) is 18.8. The van der Waals surface area contributed by atoms with E-state index >= 15 is 0 Å². The van der Waals surface area contributed by atoms with Crippen molar-refractivity contribution < 1.29 is 14.3 Å².